The van der Waals surface area contributed by atoms with Crippen molar-refractivity contribution in [2.24, 2.45) is 46.3 Å². The number of ether oxygens (including phenoxy) is 1. The first-order chi connectivity index (χ1) is 17.7. The van der Waals surface area contributed by atoms with Crippen LogP contribution in [-0.4, -0.2) is 11.1 Å². The van der Waals surface area contributed by atoms with E-state index in [1.165, 1.54) is 82.6 Å². The molecular formula is C34H50O3. The van der Waals surface area contributed by atoms with E-state index < -0.39 is 5.97 Å². The van der Waals surface area contributed by atoms with Gasteiger partial charge in [-0.15, -0.1) is 0 Å². The average molecular weight is 507 g/mol. The SMILES string of the molecule is CC(=COc1ccccc1C(=O)O)CCCC(C)[C@H]1CC[C@H]2[C@@H]3CCC4CCCC[C@]4(C)[C@H]3CC[C@]12C. The van der Waals surface area contributed by atoms with Crippen molar-refractivity contribution >= 4 is 5.97 Å². The average Bonchev–Trinajstić information content (AvgIpc) is 3.24. The fraction of sp³-hybridized carbons (Fsp3) is 0.735. The Morgan fingerprint density at radius 1 is 1.03 bits per heavy atom. The summed E-state index contributed by atoms with van der Waals surface area (Å²) in [5, 5.41) is 9.37. The van der Waals surface area contributed by atoms with Crippen LogP contribution in [0.15, 0.2) is 36.1 Å². The minimum atomic E-state index is -0.950. The van der Waals surface area contributed by atoms with Crippen molar-refractivity contribution in [2.45, 2.75) is 111 Å². The summed E-state index contributed by atoms with van der Waals surface area (Å²) in [5.74, 6) is 5.08. The zero-order chi connectivity index (χ0) is 26.2. The Labute approximate surface area is 225 Å². The monoisotopic (exact) mass is 506 g/mol. The Bertz CT molecular complexity index is 997. The predicted octanol–water partition coefficient (Wildman–Crippen LogP) is 9.52. The summed E-state index contributed by atoms with van der Waals surface area (Å²) < 4.78 is 5.76. The topological polar surface area (TPSA) is 46.5 Å². The molecule has 4 aliphatic carbocycles. The van der Waals surface area contributed by atoms with Gasteiger partial charge in [0.05, 0.1) is 6.26 Å². The first kappa shape index (κ1) is 26.8. The molecule has 0 bridgehead atoms. The van der Waals surface area contributed by atoms with E-state index in [-0.39, 0.29) is 5.56 Å². The van der Waals surface area contributed by atoms with Crippen LogP contribution in [0.4, 0.5) is 0 Å². The molecule has 1 aromatic carbocycles. The highest BCUT2D eigenvalue weighted by Gasteiger charge is 2.60. The lowest BCUT2D eigenvalue weighted by Crippen LogP contribution is -2.53. The molecule has 0 aliphatic heterocycles. The molecule has 0 spiro atoms. The largest absolute Gasteiger partial charge is 0.478 e. The number of hydrogen-bond donors (Lipinski definition) is 1. The summed E-state index contributed by atoms with van der Waals surface area (Å²) >= 11 is 0. The normalized spacial score (nSPS) is 38.3. The minimum absolute atomic E-state index is 0.213. The number of aromatic carboxylic acids is 1. The van der Waals surface area contributed by atoms with Crippen molar-refractivity contribution in [3.8, 4) is 5.75 Å². The van der Waals surface area contributed by atoms with Gasteiger partial charge in [0, 0.05) is 0 Å². The second-order valence-corrected chi connectivity index (χ2v) is 13.9. The van der Waals surface area contributed by atoms with E-state index in [1.807, 2.05) is 6.07 Å². The van der Waals surface area contributed by atoms with Gasteiger partial charge in [0.2, 0.25) is 0 Å². The van der Waals surface area contributed by atoms with Gasteiger partial charge in [-0.25, -0.2) is 4.79 Å². The van der Waals surface area contributed by atoms with Crippen molar-refractivity contribution in [3.05, 3.63) is 41.7 Å². The second kappa shape index (κ2) is 10.8. The van der Waals surface area contributed by atoms with Crippen LogP contribution >= 0.6 is 0 Å². The van der Waals surface area contributed by atoms with Gasteiger partial charge >= 0.3 is 5.97 Å². The van der Waals surface area contributed by atoms with Crippen molar-refractivity contribution in [1.82, 2.24) is 0 Å². The Morgan fingerprint density at radius 2 is 1.81 bits per heavy atom. The summed E-state index contributed by atoms with van der Waals surface area (Å²) in [6, 6.07) is 6.86. The van der Waals surface area contributed by atoms with Crippen LogP contribution in [0, 0.1) is 46.3 Å². The maximum atomic E-state index is 11.4. The molecule has 0 amide bonds. The number of carbonyl (C=O) groups is 1. The smallest absolute Gasteiger partial charge is 0.339 e. The van der Waals surface area contributed by atoms with Gasteiger partial charge in [0.25, 0.3) is 0 Å². The minimum Gasteiger partial charge on any atom is -0.478 e. The van der Waals surface area contributed by atoms with Crippen LogP contribution in [0.3, 0.4) is 0 Å². The number of benzene rings is 1. The molecule has 3 nitrogen and oxygen atoms in total. The third-order valence-corrected chi connectivity index (χ3v) is 12.1. The summed E-state index contributed by atoms with van der Waals surface area (Å²) in [6.07, 6.45) is 20.1. The van der Waals surface area contributed by atoms with E-state index in [0.717, 1.165) is 41.9 Å². The Morgan fingerprint density at radius 3 is 2.62 bits per heavy atom. The molecule has 0 radical (unpaired) electrons. The Kier molecular flexibility index (Phi) is 7.81. The van der Waals surface area contributed by atoms with Gasteiger partial charge in [-0.2, -0.15) is 0 Å². The molecule has 0 heterocycles. The van der Waals surface area contributed by atoms with Crippen molar-refractivity contribution in [2.75, 3.05) is 0 Å². The molecule has 204 valence electrons. The van der Waals surface area contributed by atoms with E-state index in [1.54, 1.807) is 24.5 Å². The van der Waals surface area contributed by atoms with Crippen LogP contribution in [0.25, 0.3) is 0 Å². The summed E-state index contributed by atoms with van der Waals surface area (Å²) in [5.41, 5.74) is 2.58. The highest BCUT2D eigenvalue weighted by molar-refractivity contribution is 5.90. The third kappa shape index (κ3) is 5.01. The highest BCUT2D eigenvalue weighted by Crippen LogP contribution is 2.68. The van der Waals surface area contributed by atoms with Crippen LogP contribution < -0.4 is 4.74 Å². The number of hydrogen-bond acceptors (Lipinski definition) is 2. The summed E-state index contributed by atoms with van der Waals surface area (Å²) in [4.78, 5) is 11.4. The number of rotatable bonds is 8. The van der Waals surface area contributed by atoms with Crippen LogP contribution in [0.2, 0.25) is 0 Å². The van der Waals surface area contributed by atoms with E-state index in [9.17, 15) is 9.90 Å². The van der Waals surface area contributed by atoms with Gasteiger partial charge in [-0.05, 0) is 135 Å². The fourth-order valence-corrected chi connectivity index (χ4v) is 10.1. The quantitative estimate of drug-likeness (QED) is 0.357. The summed E-state index contributed by atoms with van der Waals surface area (Å²) in [6.45, 7) is 10.0. The summed E-state index contributed by atoms with van der Waals surface area (Å²) in [7, 11) is 0. The third-order valence-electron chi connectivity index (χ3n) is 12.1. The molecule has 1 aromatic rings. The van der Waals surface area contributed by atoms with Gasteiger partial charge in [0.1, 0.15) is 11.3 Å². The molecular weight excluding hydrogens is 456 g/mol. The molecule has 3 heteroatoms. The molecule has 4 fully saturated rings. The lowest BCUT2D eigenvalue weighted by atomic mass is 9.44. The molecule has 0 aromatic heterocycles. The van der Waals surface area contributed by atoms with E-state index in [4.69, 9.17) is 4.74 Å². The van der Waals surface area contributed by atoms with Crippen LogP contribution in [-0.2, 0) is 0 Å². The van der Waals surface area contributed by atoms with E-state index in [0.29, 0.717) is 16.6 Å². The maximum absolute atomic E-state index is 11.4. The fourth-order valence-electron chi connectivity index (χ4n) is 10.1. The Hall–Kier alpha value is -1.77. The molecule has 8 atom stereocenters. The highest BCUT2D eigenvalue weighted by atomic mass is 16.5. The number of allylic oxidation sites excluding steroid dienone is 1. The zero-order valence-corrected chi connectivity index (χ0v) is 23.8. The molecule has 1 N–H and O–H groups in total. The standard InChI is InChI=1S/C34H50O3/c1-23(22-37-31-14-6-5-13-27(31)32(35)36)10-9-11-24(2)28-17-18-29-26-16-15-25-12-7-8-20-33(25,3)30(26)19-21-34(28,29)4/h5-6,13-14,22,24-26,28-30H,7-12,15-21H2,1-4H3,(H,35,36)/t24?,25?,26-,28+,29-,30-,33-,34+/m0/s1. The molecule has 0 saturated heterocycles. The van der Waals surface area contributed by atoms with Crippen LogP contribution in [0.1, 0.15) is 122 Å². The first-order valence-corrected chi connectivity index (χ1v) is 15.4. The molecule has 5 rings (SSSR count). The zero-order valence-electron chi connectivity index (χ0n) is 23.8. The second-order valence-electron chi connectivity index (χ2n) is 13.9. The van der Waals surface area contributed by atoms with Gasteiger partial charge in [-0.3, -0.25) is 0 Å². The lowest BCUT2D eigenvalue weighted by molar-refractivity contribution is -0.114. The van der Waals surface area contributed by atoms with Gasteiger partial charge in [0.15, 0.2) is 0 Å². The maximum Gasteiger partial charge on any atom is 0.339 e. The first-order valence-electron chi connectivity index (χ1n) is 15.4. The van der Waals surface area contributed by atoms with Crippen molar-refractivity contribution in [1.29, 1.82) is 0 Å². The van der Waals surface area contributed by atoms with Gasteiger partial charge < -0.3 is 9.84 Å². The van der Waals surface area contributed by atoms with Crippen molar-refractivity contribution in [3.63, 3.8) is 0 Å². The van der Waals surface area contributed by atoms with E-state index >= 15 is 0 Å². The molecule has 4 aliphatic rings. The molecule has 2 unspecified atom stereocenters. The van der Waals surface area contributed by atoms with Crippen molar-refractivity contribution < 1.29 is 14.6 Å². The lowest BCUT2D eigenvalue weighted by Gasteiger charge is -2.61. The number of para-hydroxylation sites is 1. The molecule has 4 saturated carbocycles. The predicted molar refractivity (Wildman–Crippen MR) is 151 cm³/mol. The molecule has 37 heavy (non-hydrogen) atoms. The van der Waals surface area contributed by atoms with Gasteiger partial charge in [-0.1, -0.05) is 52.2 Å². The number of carboxylic acids is 1. The van der Waals surface area contributed by atoms with Crippen LogP contribution in [0.5, 0.6) is 5.75 Å². The number of fused-ring (bicyclic) bond motifs is 5. The Balaban J connectivity index is 1.16. The van der Waals surface area contributed by atoms with E-state index in [2.05, 4.69) is 27.7 Å². The number of carboxylic acid groups (broad SMARTS) is 1.